The number of nitrogens with zero attached hydrogens (tertiary/aromatic N) is 2. The summed E-state index contributed by atoms with van der Waals surface area (Å²) in [6.07, 6.45) is 4.58. The molecule has 2 aromatic rings. The molecular formula is C12H13Cl2N3. The number of anilines is 1. The van der Waals surface area contributed by atoms with E-state index in [1.54, 1.807) is 12.3 Å². The number of halogens is 2. The van der Waals surface area contributed by atoms with Gasteiger partial charge in [-0.3, -0.25) is 0 Å². The summed E-state index contributed by atoms with van der Waals surface area (Å²) in [7, 11) is 1.98. The molecule has 0 aliphatic carbocycles. The SMILES string of the molecule is Cn1ccnc1CCNc1ccc(Cl)cc1Cl. The van der Waals surface area contributed by atoms with E-state index in [9.17, 15) is 0 Å². The van der Waals surface area contributed by atoms with Crippen LogP contribution in [-0.4, -0.2) is 16.1 Å². The second-order valence-corrected chi connectivity index (χ2v) is 4.60. The minimum atomic E-state index is 0.636. The number of imidazole rings is 1. The maximum atomic E-state index is 6.05. The Hall–Kier alpha value is -1.19. The molecule has 2 rings (SSSR count). The lowest BCUT2D eigenvalue weighted by Crippen LogP contribution is -2.08. The normalized spacial score (nSPS) is 10.5. The third kappa shape index (κ3) is 3.14. The molecule has 1 aromatic heterocycles. The first-order chi connectivity index (χ1) is 8.16. The zero-order valence-corrected chi connectivity index (χ0v) is 11.0. The van der Waals surface area contributed by atoms with Crippen LogP contribution in [0.3, 0.4) is 0 Å². The third-order valence-corrected chi connectivity index (χ3v) is 3.06. The van der Waals surface area contributed by atoms with Gasteiger partial charge in [0.05, 0.1) is 10.7 Å². The lowest BCUT2D eigenvalue weighted by molar-refractivity contribution is 0.790. The molecule has 0 unspecified atom stereocenters. The standard InChI is InChI=1S/C12H13Cl2N3/c1-17-7-6-16-12(17)4-5-15-11-3-2-9(13)8-10(11)14/h2-3,6-8,15H,4-5H2,1H3. The van der Waals surface area contributed by atoms with Gasteiger partial charge in [0.25, 0.3) is 0 Å². The highest BCUT2D eigenvalue weighted by atomic mass is 35.5. The lowest BCUT2D eigenvalue weighted by Gasteiger charge is -2.08. The first-order valence-electron chi connectivity index (χ1n) is 5.32. The largest absolute Gasteiger partial charge is 0.383 e. The summed E-state index contributed by atoms with van der Waals surface area (Å²) in [5.41, 5.74) is 0.894. The van der Waals surface area contributed by atoms with Crippen LogP contribution in [0.4, 0.5) is 5.69 Å². The topological polar surface area (TPSA) is 29.9 Å². The van der Waals surface area contributed by atoms with Gasteiger partial charge in [-0.1, -0.05) is 23.2 Å². The maximum Gasteiger partial charge on any atom is 0.110 e. The van der Waals surface area contributed by atoms with Gasteiger partial charge in [0.1, 0.15) is 5.82 Å². The maximum absolute atomic E-state index is 6.05. The Balaban J connectivity index is 1.92. The molecule has 0 atom stereocenters. The fourth-order valence-electron chi connectivity index (χ4n) is 1.58. The molecule has 0 saturated heterocycles. The number of nitrogens with one attached hydrogen (secondary N) is 1. The number of aryl methyl sites for hydroxylation is 1. The van der Waals surface area contributed by atoms with E-state index < -0.39 is 0 Å². The predicted octanol–water partition coefficient (Wildman–Crippen LogP) is 3.38. The molecule has 0 amide bonds. The second-order valence-electron chi connectivity index (χ2n) is 3.76. The van der Waals surface area contributed by atoms with E-state index in [1.807, 2.05) is 29.9 Å². The molecule has 0 saturated carbocycles. The van der Waals surface area contributed by atoms with Crippen molar-refractivity contribution in [2.45, 2.75) is 6.42 Å². The summed E-state index contributed by atoms with van der Waals surface area (Å²) in [6.45, 7) is 0.784. The van der Waals surface area contributed by atoms with Gasteiger partial charge < -0.3 is 9.88 Å². The number of hydrogen-bond acceptors (Lipinski definition) is 2. The Labute approximate surface area is 110 Å². The van der Waals surface area contributed by atoms with Crippen LogP contribution in [0.5, 0.6) is 0 Å². The van der Waals surface area contributed by atoms with Crippen LogP contribution in [0.25, 0.3) is 0 Å². The van der Waals surface area contributed by atoms with E-state index in [2.05, 4.69) is 10.3 Å². The first-order valence-corrected chi connectivity index (χ1v) is 6.07. The van der Waals surface area contributed by atoms with Crippen LogP contribution < -0.4 is 5.32 Å². The summed E-state index contributed by atoms with van der Waals surface area (Å²) in [5.74, 6) is 1.04. The van der Waals surface area contributed by atoms with Crippen molar-refractivity contribution >= 4 is 28.9 Å². The van der Waals surface area contributed by atoms with Crippen LogP contribution in [0.2, 0.25) is 10.0 Å². The van der Waals surface area contributed by atoms with E-state index in [-0.39, 0.29) is 0 Å². The Morgan fingerprint density at radius 3 is 2.82 bits per heavy atom. The molecule has 1 heterocycles. The highest BCUT2D eigenvalue weighted by Crippen LogP contribution is 2.25. The summed E-state index contributed by atoms with van der Waals surface area (Å²) in [4.78, 5) is 4.25. The average molecular weight is 270 g/mol. The van der Waals surface area contributed by atoms with Crippen molar-refractivity contribution in [1.29, 1.82) is 0 Å². The van der Waals surface area contributed by atoms with Crippen LogP contribution in [0.1, 0.15) is 5.82 Å². The van der Waals surface area contributed by atoms with Gasteiger partial charge in [-0.15, -0.1) is 0 Å². The highest BCUT2D eigenvalue weighted by Gasteiger charge is 2.02. The van der Waals surface area contributed by atoms with Crippen molar-refractivity contribution < 1.29 is 0 Å². The average Bonchev–Trinajstić information content (AvgIpc) is 2.68. The zero-order valence-electron chi connectivity index (χ0n) is 9.45. The second kappa shape index (κ2) is 5.43. The van der Waals surface area contributed by atoms with Gasteiger partial charge in [-0.25, -0.2) is 4.98 Å². The molecule has 1 aromatic carbocycles. The quantitative estimate of drug-likeness (QED) is 0.923. The van der Waals surface area contributed by atoms with Crippen molar-refractivity contribution in [2.75, 3.05) is 11.9 Å². The molecule has 5 heteroatoms. The van der Waals surface area contributed by atoms with Crippen LogP contribution in [-0.2, 0) is 13.5 Å². The van der Waals surface area contributed by atoms with Crippen molar-refractivity contribution in [3.05, 3.63) is 46.5 Å². The minimum absolute atomic E-state index is 0.636. The molecule has 0 aliphatic heterocycles. The molecule has 90 valence electrons. The monoisotopic (exact) mass is 269 g/mol. The molecule has 17 heavy (non-hydrogen) atoms. The van der Waals surface area contributed by atoms with Gasteiger partial charge in [0.2, 0.25) is 0 Å². The molecule has 3 nitrogen and oxygen atoms in total. The number of benzene rings is 1. The number of aromatic nitrogens is 2. The van der Waals surface area contributed by atoms with E-state index in [4.69, 9.17) is 23.2 Å². The molecule has 1 N–H and O–H groups in total. The van der Waals surface area contributed by atoms with Gasteiger partial charge >= 0.3 is 0 Å². The summed E-state index contributed by atoms with van der Waals surface area (Å²) in [5, 5.41) is 4.54. The van der Waals surface area contributed by atoms with Crippen molar-refractivity contribution in [2.24, 2.45) is 7.05 Å². The molecule has 0 fully saturated rings. The first kappa shape index (κ1) is 12.3. The molecule has 0 radical (unpaired) electrons. The van der Waals surface area contributed by atoms with Gasteiger partial charge in [0, 0.05) is 37.4 Å². The van der Waals surface area contributed by atoms with Crippen LogP contribution in [0, 0.1) is 0 Å². The fourth-order valence-corrected chi connectivity index (χ4v) is 2.05. The Morgan fingerprint density at radius 2 is 2.18 bits per heavy atom. The lowest BCUT2D eigenvalue weighted by atomic mass is 10.3. The molecule has 0 bridgehead atoms. The highest BCUT2D eigenvalue weighted by molar-refractivity contribution is 6.36. The van der Waals surface area contributed by atoms with Gasteiger partial charge in [-0.2, -0.15) is 0 Å². The van der Waals surface area contributed by atoms with Gasteiger partial charge in [-0.05, 0) is 18.2 Å². The Morgan fingerprint density at radius 1 is 1.35 bits per heavy atom. The summed E-state index contributed by atoms with van der Waals surface area (Å²) < 4.78 is 2.01. The Kier molecular flexibility index (Phi) is 3.92. The predicted molar refractivity (Wildman–Crippen MR) is 71.9 cm³/mol. The van der Waals surface area contributed by atoms with E-state index in [0.29, 0.717) is 10.0 Å². The minimum Gasteiger partial charge on any atom is -0.383 e. The van der Waals surface area contributed by atoms with Gasteiger partial charge in [0.15, 0.2) is 0 Å². The number of rotatable bonds is 4. The van der Waals surface area contributed by atoms with E-state index in [1.165, 1.54) is 0 Å². The smallest absolute Gasteiger partial charge is 0.110 e. The van der Waals surface area contributed by atoms with E-state index >= 15 is 0 Å². The van der Waals surface area contributed by atoms with Crippen molar-refractivity contribution in [3.8, 4) is 0 Å². The van der Waals surface area contributed by atoms with Crippen molar-refractivity contribution in [1.82, 2.24) is 9.55 Å². The van der Waals surface area contributed by atoms with Crippen LogP contribution >= 0.6 is 23.2 Å². The van der Waals surface area contributed by atoms with E-state index in [0.717, 1.165) is 24.5 Å². The van der Waals surface area contributed by atoms with Crippen LogP contribution in [0.15, 0.2) is 30.6 Å². The molecule has 0 spiro atoms. The van der Waals surface area contributed by atoms with Crippen molar-refractivity contribution in [3.63, 3.8) is 0 Å². The third-order valence-electron chi connectivity index (χ3n) is 2.52. The summed E-state index contributed by atoms with van der Waals surface area (Å²) >= 11 is 11.9. The Bertz CT molecular complexity index is 508. The summed E-state index contributed by atoms with van der Waals surface area (Å²) in [6, 6.07) is 5.42. The fraction of sp³-hybridized carbons (Fsp3) is 0.250. The zero-order chi connectivity index (χ0) is 12.3. The number of hydrogen-bond donors (Lipinski definition) is 1. The molecule has 0 aliphatic rings. The molecular weight excluding hydrogens is 257 g/mol.